The van der Waals surface area contributed by atoms with Gasteiger partial charge in [-0.2, -0.15) is 0 Å². The predicted octanol–water partition coefficient (Wildman–Crippen LogP) is 2.72. The Balaban J connectivity index is 1.54. The van der Waals surface area contributed by atoms with Gasteiger partial charge in [0, 0.05) is 17.8 Å². The maximum atomic E-state index is 12.9. The van der Waals surface area contributed by atoms with Crippen molar-refractivity contribution in [3.05, 3.63) is 58.9 Å². The molecule has 1 aliphatic rings. The number of hydrogen-bond donors (Lipinski definition) is 1. The number of nitrogens with zero attached hydrogens (tertiary/aromatic N) is 3. The Morgan fingerprint density at radius 1 is 1.18 bits per heavy atom. The van der Waals surface area contributed by atoms with Crippen LogP contribution in [0, 0.1) is 5.92 Å². The third-order valence-corrected chi connectivity index (χ3v) is 5.49. The van der Waals surface area contributed by atoms with Gasteiger partial charge in [-0.1, -0.05) is 26.0 Å². The summed E-state index contributed by atoms with van der Waals surface area (Å²) in [6.45, 7) is 4.16. The third kappa shape index (κ3) is 3.20. The van der Waals surface area contributed by atoms with E-state index < -0.39 is 17.9 Å². The molecule has 4 rings (SSSR count). The molecule has 0 aliphatic carbocycles. The lowest BCUT2D eigenvalue weighted by Crippen LogP contribution is -2.50. The minimum absolute atomic E-state index is 0.137. The summed E-state index contributed by atoms with van der Waals surface area (Å²) in [7, 11) is 0. The van der Waals surface area contributed by atoms with Crippen LogP contribution in [-0.4, -0.2) is 38.0 Å². The highest BCUT2D eigenvalue weighted by Gasteiger charge is 2.42. The van der Waals surface area contributed by atoms with Crippen molar-refractivity contribution in [1.29, 1.82) is 0 Å². The lowest BCUT2D eigenvalue weighted by atomic mass is 10.0. The first kappa shape index (κ1) is 18.4. The fourth-order valence-corrected chi connectivity index (χ4v) is 4.14. The van der Waals surface area contributed by atoms with E-state index in [9.17, 15) is 14.4 Å². The fourth-order valence-electron chi connectivity index (χ4n) is 3.42. The molecule has 3 amide bonds. The van der Waals surface area contributed by atoms with Crippen LogP contribution in [0.1, 0.15) is 46.7 Å². The van der Waals surface area contributed by atoms with Crippen molar-refractivity contribution < 1.29 is 14.4 Å². The highest BCUT2D eigenvalue weighted by Crippen LogP contribution is 2.27. The first-order valence-electron chi connectivity index (χ1n) is 9.11. The Hall–Kier alpha value is -3.00. The Bertz CT molecular complexity index is 1000. The van der Waals surface area contributed by atoms with E-state index in [1.54, 1.807) is 24.3 Å². The molecule has 7 nitrogen and oxygen atoms in total. The molecule has 0 bridgehead atoms. The standard InChI is InChI=1S/C20H20N4O3S/c1-12(2)9-16(24-18(26)14-5-3-4-6-15(14)19(24)27)17(25)21-10-13-11-23-7-8-28-20(23)22-13/h3-8,11-12,16H,9-10H2,1-2H3,(H,21,25). The average molecular weight is 396 g/mol. The van der Waals surface area contributed by atoms with Gasteiger partial charge >= 0.3 is 0 Å². The second-order valence-electron chi connectivity index (χ2n) is 7.21. The van der Waals surface area contributed by atoms with E-state index >= 15 is 0 Å². The number of carbonyl (C=O) groups is 3. The Labute approximate surface area is 166 Å². The van der Waals surface area contributed by atoms with E-state index in [0.29, 0.717) is 17.5 Å². The number of imide groups is 1. The molecule has 2 aromatic heterocycles. The van der Waals surface area contributed by atoms with Gasteiger partial charge < -0.3 is 5.32 Å². The molecule has 1 atom stereocenters. The lowest BCUT2D eigenvalue weighted by molar-refractivity contribution is -0.125. The van der Waals surface area contributed by atoms with Gasteiger partial charge in [0.2, 0.25) is 5.91 Å². The number of hydrogen-bond acceptors (Lipinski definition) is 5. The lowest BCUT2D eigenvalue weighted by Gasteiger charge is -2.26. The van der Waals surface area contributed by atoms with Gasteiger partial charge in [0.15, 0.2) is 4.96 Å². The molecule has 3 aromatic rings. The van der Waals surface area contributed by atoms with Crippen molar-refractivity contribution in [2.75, 3.05) is 0 Å². The molecule has 28 heavy (non-hydrogen) atoms. The number of thiazole rings is 1. The molecule has 3 heterocycles. The van der Waals surface area contributed by atoms with Crippen LogP contribution in [0.2, 0.25) is 0 Å². The maximum absolute atomic E-state index is 12.9. The molecule has 0 saturated heterocycles. The number of fused-ring (bicyclic) bond motifs is 2. The first-order chi connectivity index (χ1) is 13.5. The van der Waals surface area contributed by atoms with Crippen LogP contribution in [0.5, 0.6) is 0 Å². The molecule has 0 radical (unpaired) electrons. The van der Waals surface area contributed by atoms with Crippen LogP contribution in [0.15, 0.2) is 42.0 Å². The SMILES string of the molecule is CC(C)CC(C(=O)NCc1cn2ccsc2n1)N1C(=O)c2ccccc2C1=O. The van der Waals surface area contributed by atoms with Crippen LogP contribution in [-0.2, 0) is 11.3 Å². The van der Waals surface area contributed by atoms with Crippen molar-refractivity contribution in [2.45, 2.75) is 32.9 Å². The molecule has 1 aromatic carbocycles. The molecule has 144 valence electrons. The van der Waals surface area contributed by atoms with Crippen LogP contribution in [0.4, 0.5) is 0 Å². The fraction of sp³-hybridized carbons (Fsp3) is 0.300. The summed E-state index contributed by atoms with van der Waals surface area (Å²) in [5.74, 6) is -1.04. The van der Waals surface area contributed by atoms with E-state index in [-0.39, 0.29) is 18.4 Å². The number of amides is 3. The summed E-state index contributed by atoms with van der Waals surface area (Å²) in [6, 6.07) is 5.83. The van der Waals surface area contributed by atoms with E-state index in [2.05, 4.69) is 10.3 Å². The molecule has 8 heteroatoms. The summed E-state index contributed by atoms with van der Waals surface area (Å²) in [5, 5.41) is 4.78. The smallest absolute Gasteiger partial charge is 0.262 e. The van der Waals surface area contributed by atoms with Crippen LogP contribution in [0.3, 0.4) is 0 Å². The van der Waals surface area contributed by atoms with Gasteiger partial charge in [0.25, 0.3) is 11.8 Å². The van der Waals surface area contributed by atoms with Crippen molar-refractivity contribution in [1.82, 2.24) is 19.6 Å². The summed E-state index contributed by atoms with van der Waals surface area (Å²) in [4.78, 5) is 44.9. The summed E-state index contributed by atoms with van der Waals surface area (Å²) in [5.41, 5.74) is 1.43. The maximum Gasteiger partial charge on any atom is 0.262 e. The Morgan fingerprint density at radius 2 is 1.86 bits per heavy atom. The van der Waals surface area contributed by atoms with Crippen LogP contribution in [0.25, 0.3) is 4.96 Å². The summed E-state index contributed by atoms with van der Waals surface area (Å²) >= 11 is 1.51. The van der Waals surface area contributed by atoms with Gasteiger partial charge in [-0.25, -0.2) is 4.98 Å². The first-order valence-corrected chi connectivity index (χ1v) is 9.99. The summed E-state index contributed by atoms with van der Waals surface area (Å²) in [6.07, 6.45) is 4.15. The number of rotatable bonds is 6. The second kappa shape index (κ2) is 7.20. The van der Waals surface area contributed by atoms with Crippen molar-refractivity contribution in [2.24, 2.45) is 5.92 Å². The van der Waals surface area contributed by atoms with E-state index in [0.717, 1.165) is 15.6 Å². The van der Waals surface area contributed by atoms with Gasteiger partial charge in [0.1, 0.15) is 6.04 Å². The molecular formula is C20H20N4O3S. The number of carbonyl (C=O) groups excluding carboxylic acids is 3. The van der Waals surface area contributed by atoms with E-state index in [4.69, 9.17) is 0 Å². The molecule has 1 N–H and O–H groups in total. The zero-order chi connectivity index (χ0) is 19.8. The zero-order valence-electron chi connectivity index (χ0n) is 15.6. The van der Waals surface area contributed by atoms with Gasteiger partial charge in [-0.15, -0.1) is 11.3 Å². The van der Waals surface area contributed by atoms with Crippen LogP contribution < -0.4 is 5.32 Å². The quantitative estimate of drug-likeness (QED) is 0.650. The summed E-state index contributed by atoms with van der Waals surface area (Å²) < 4.78 is 1.89. The normalized spacial score (nSPS) is 14.8. The Morgan fingerprint density at radius 3 is 2.46 bits per heavy atom. The monoisotopic (exact) mass is 396 g/mol. The van der Waals surface area contributed by atoms with Gasteiger partial charge in [-0.05, 0) is 24.5 Å². The van der Waals surface area contributed by atoms with Gasteiger partial charge in [-0.3, -0.25) is 23.7 Å². The largest absolute Gasteiger partial charge is 0.349 e. The minimum Gasteiger partial charge on any atom is -0.349 e. The van der Waals surface area contributed by atoms with Crippen molar-refractivity contribution >= 4 is 34.0 Å². The zero-order valence-corrected chi connectivity index (χ0v) is 16.4. The van der Waals surface area contributed by atoms with Gasteiger partial charge in [0.05, 0.1) is 23.4 Å². The van der Waals surface area contributed by atoms with E-state index in [1.807, 2.05) is 36.0 Å². The molecule has 0 saturated carbocycles. The number of aromatic nitrogens is 2. The number of imidazole rings is 1. The second-order valence-corrected chi connectivity index (χ2v) is 8.09. The topological polar surface area (TPSA) is 83.8 Å². The average Bonchev–Trinajstić information content (AvgIpc) is 3.32. The molecule has 0 spiro atoms. The molecule has 1 unspecified atom stereocenters. The predicted molar refractivity (Wildman–Crippen MR) is 105 cm³/mol. The van der Waals surface area contributed by atoms with E-state index in [1.165, 1.54) is 11.3 Å². The van der Waals surface area contributed by atoms with Crippen LogP contribution >= 0.6 is 11.3 Å². The van der Waals surface area contributed by atoms with Crippen molar-refractivity contribution in [3.8, 4) is 0 Å². The number of nitrogens with one attached hydrogen (secondary N) is 1. The highest BCUT2D eigenvalue weighted by atomic mass is 32.1. The molecule has 1 aliphatic heterocycles. The third-order valence-electron chi connectivity index (χ3n) is 4.72. The molecular weight excluding hydrogens is 376 g/mol. The minimum atomic E-state index is -0.851. The van der Waals surface area contributed by atoms with Crippen molar-refractivity contribution in [3.63, 3.8) is 0 Å². The highest BCUT2D eigenvalue weighted by molar-refractivity contribution is 7.15. The molecule has 0 fully saturated rings. The Kier molecular flexibility index (Phi) is 4.72. The number of benzene rings is 1.